The maximum atomic E-state index is 13.5. The summed E-state index contributed by atoms with van der Waals surface area (Å²) in [6, 6.07) is 17.4. The van der Waals surface area contributed by atoms with E-state index < -0.39 is 11.8 Å². The number of nitrogens with one attached hydrogen (secondary N) is 1. The molecule has 2 amide bonds. The monoisotopic (exact) mass is 390 g/mol. The largest absolute Gasteiger partial charge is 0.369 e. The first-order chi connectivity index (χ1) is 13.8. The van der Waals surface area contributed by atoms with Gasteiger partial charge in [0.2, 0.25) is 11.8 Å². The van der Waals surface area contributed by atoms with Crippen LogP contribution in [-0.2, 0) is 9.59 Å². The van der Waals surface area contributed by atoms with E-state index in [9.17, 15) is 14.0 Å². The van der Waals surface area contributed by atoms with Crippen LogP contribution in [0.2, 0.25) is 0 Å². The van der Waals surface area contributed by atoms with Crippen molar-refractivity contribution in [3.8, 4) is 11.1 Å². The minimum atomic E-state index is -0.793. The van der Waals surface area contributed by atoms with Gasteiger partial charge in [-0.05, 0) is 65.4 Å². The van der Waals surface area contributed by atoms with Gasteiger partial charge in [0.25, 0.3) is 0 Å². The standard InChI is InChI=1S/C24H23FN2O2/c1-14-13-20(17-7-5-4-6-8-17)21(15(2)23(14)27-16(3)28)22(24(26)29)18-9-11-19(25)12-10-18/h4-13,22H,1-3H3,(H2,26,29)(H,27,28). The summed E-state index contributed by atoms with van der Waals surface area (Å²) in [5, 5.41) is 2.86. The summed E-state index contributed by atoms with van der Waals surface area (Å²) in [7, 11) is 0. The second kappa shape index (κ2) is 8.27. The molecule has 29 heavy (non-hydrogen) atoms. The van der Waals surface area contributed by atoms with E-state index in [2.05, 4.69) is 5.32 Å². The molecule has 0 aliphatic carbocycles. The van der Waals surface area contributed by atoms with Crippen LogP contribution in [0.15, 0.2) is 60.7 Å². The SMILES string of the molecule is CC(=O)Nc1c(C)cc(-c2ccccc2)c(C(C(N)=O)c2ccc(F)cc2)c1C. The number of nitrogens with two attached hydrogens (primary N) is 1. The summed E-state index contributed by atoms with van der Waals surface area (Å²) in [5.74, 6) is -1.93. The van der Waals surface area contributed by atoms with E-state index in [1.165, 1.54) is 19.1 Å². The van der Waals surface area contributed by atoms with Crippen molar-refractivity contribution in [2.45, 2.75) is 26.7 Å². The zero-order valence-corrected chi connectivity index (χ0v) is 16.6. The van der Waals surface area contributed by atoms with Crippen LogP contribution >= 0.6 is 0 Å². The fourth-order valence-corrected chi connectivity index (χ4v) is 3.72. The second-order valence-electron chi connectivity index (χ2n) is 7.09. The van der Waals surface area contributed by atoms with Gasteiger partial charge in [-0.1, -0.05) is 42.5 Å². The van der Waals surface area contributed by atoms with Crippen molar-refractivity contribution in [1.29, 1.82) is 0 Å². The Kier molecular flexibility index (Phi) is 5.78. The maximum Gasteiger partial charge on any atom is 0.229 e. The Morgan fingerprint density at radius 3 is 2.17 bits per heavy atom. The molecule has 0 aliphatic rings. The van der Waals surface area contributed by atoms with Gasteiger partial charge in [-0.25, -0.2) is 4.39 Å². The third kappa shape index (κ3) is 4.19. The predicted molar refractivity (Wildman–Crippen MR) is 113 cm³/mol. The number of primary amides is 1. The maximum absolute atomic E-state index is 13.5. The summed E-state index contributed by atoms with van der Waals surface area (Å²) in [6.07, 6.45) is 0. The van der Waals surface area contributed by atoms with Crippen molar-refractivity contribution in [2.75, 3.05) is 5.32 Å². The zero-order chi connectivity index (χ0) is 21.1. The van der Waals surface area contributed by atoms with Crippen LogP contribution in [0.25, 0.3) is 11.1 Å². The van der Waals surface area contributed by atoms with Crippen molar-refractivity contribution in [1.82, 2.24) is 0 Å². The average molecular weight is 390 g/mol. The average Bonchev–Trinajstić information content (AvgIpc) is 2.68. The highest BCUT2D eigenvalue weighted by atomic mass is 19.1. The molecule has 0 fully saturated rings. The number of carbonyl (C=O) groups is 2. The van der Waals surface area contributed by atoms with Crippen molar-refractivity contribution in [3.63, 3.8) is 0 Å². The Bertz CT molecular complexity index is 1060. The number of hydrogen-bond acceptors (Lipinski definition) is 2. The molecule has 0 saturated heterocycles. The predicted octanol–water partition coefficient (Wildman–Crippen LogP) is 4.69. The Balaban J connectivity index is 2.34. The molecule has 0 radical (unpaired) electrons. The van der Waals surface area contributed by atoms with E-state index in [1.54, 1.807) is 12.1 Å². The molecular weight excluding hydrogens is 367 g/mol. The summed E-state index contributed by atoms with van der Waals surface area (Å²) < 4.78 is 13.5. The molecule has 4 nitrogen and oxygen atoms in total. The first-order valence-corrected chi connectivity index (χ1v) is 9.31. The number of anilines is 1. The summed E-state index contributed by atoms with van der Waals surface area (Å²) >= 11 is 0. The van der Waals surface area contributed by atoms with E-state index in [1.807, 2.05) is 50.2 Å². The van der Waals surface area contributed by atoms with Crippen molar-refractivity contribution < 1.29 is 14.0 Å². The molecular formula is C24H23FN2O2. The molecule has 3 aromatic carbocycles. The van der Waals surface area contributed by atoms with Crippen molar-refractivity contribution >= 4 is 17.5 Å². The topological polar surface area (TPSA) is 72.2 Å². The highest BCUT2D eigenvalue weighted by Crippen LogP contribution is 2.40. The molecule has 1 unspecified atom stereocenters. The quantitative estimate of drug-likeness (QED) is 0.664. The first-order valence-electron chi connectivity index (χ1n) is 9.31. The number of benzene rings is 3. The highest BCUT2D eigenvalue weighted by molar-refractivity contribution is 5.95. The molecule has 1 atom stereocenters. The van der Waals surface area contributed by atoms with Crippen molar-refractivity contribution in [3.05, 3.63) is 88.7 Å². The molecule has 0 heterocycles. The molecule has 0 spiro atoms. The number of hydrogen-bond donors (Lipinski definition) is 2. The second-order valence-corrected chi connectivity index (χ2v) is 7.09. The summed E-state index contributed by atoms with van der Waals surface area (Å²) in [6.45, 7) is 5.21. The van der Waals surface area contributed by atoms with E-state index in [0.717, 1.165) is 22.3 Å². The van der Waals surface area contributed by atoms with Gasteiger partial charge in [0.05, 0.1) is 5.92 Å². The lowest BCUT2D eigenvalue weighted by Gasteiger charge is -2.25. The fraction of sp³-hybridized carbons (Fsp3) is 0.167. The van der Waals surface area contributed by atoms with Gasteiger partial charge in [-0.15, -0.1) is 0 Å². The normalized spacial score (nSPS) is 11.7. The molecule has 148 valence electrons. The molecule has 0 saturated carbocycles. The first kappa shape index (κ1) is 20.3. The van der Waals surface area contributed by atoms with Crippen LogP contribution in [0.5, 0.6) is 0 Å². The molecule has 0 bridgehead atoms. The number of rotatable bonds is 5. The van der Waals surface area contributed by atoms with Crippen LogP contribution in [0.4, 0.5) is 10.1 Å². The Morgan fingerprint density at radius 2 is 1.62 bits per heavy atom. The van der Waals surface area contributed by atoms with Crippen LogP contribution < -0.4 is 11.1 Å². The Hall–Kier alpha value is -3.47. The fourth-order valence-electron chi connectivity index (χ4n) is 3.72. The van der Waals surface area contributed by atoms with Gasteiger partial charge >= 0.3 is 0 Å². The minimum Gasteiger partial charge on any atom is -0.369 e. The molecule has 5 heteroatoms. The third-order valence-electron chi connectivity index (χ3n) is 4.99. The third-order valence-corrected chi connectivity index (χ3v) is 4.99. The Morgan fingerprint density at radius 1 is 1.00 bits per heavy atom. The van der Waals surface area contributed by atoms with Crippen molar-refractivity contribution in [2.24, 2.45) is 5.73 Å². The number of amides is 2. The van der Waals surface area contributed by atoms with Gasteiger partial charge in [-0.2, -0.15) is 0 Å². The molecule has 3 rings (SSSR count). The van der Waals surface area contributed by atoms with Gasteiger partial charge in [0.15, 0.2) is 0 Å². The zero-order valence-electron chi connectivity index (χ0n) is 16.6. The number of halogens is 1. The van der Waals surface area contributed by atoms with Gasteiger partial charge < -0.3 is 11.1 Å². The van der Waals surface area contributed by atoms with Crippen LogP contribution in [-0.4, -0.2) is 11.8 Å². The lowest BCUT2D eigenvalue weighted by atomic mass is 9.81. The number of aryl methyl sites for hydroxylation is 1. The van der Waals surface area contributed by atoms with Gasteiger partial charge in [0, 0.05) is 12.6 Å². The summed E-state index contributed by atoms with van der Waals surface area (Å²) in [4.78, 5) is 24.3. The molecule has 3 aromatic rings. The van der Waals surface area contributed by atoms with E-state index in [4.69, 9.17) is 5.73 Å². The molecule has 0 aromatic heterocycles. The van der Waals surface area contributed by atoms with Crippen LogP contribution in [0.3, 0.4) is 0 Å². The van der Waals surface area contributed by atoms with Crippen LogP contribution in [0, 0.1) is 19.7 Å². The van der Waals surface area contributed by atoms with E-state index in [-0.39, 0.29) is 11.7 Å². The van der Waals surface area contributed by atoms with E-state index in [0.29, 0.717) is 16.8 Å². The molecule has 3 N–H and O–H groups in total. The smallest absolute Gasteiger partial charge is 0.229 e. The summed E-state index contributed by atoms with van der Waals surface area (Å²) in [5.41, 5.74) is 11.2. The lowest BCUT2D eigenvalue weighted by Crippen LogP contribution is -2.24. The Labute approximate surface area is 169 Å². The van der Waals surface area contributed by atoms with Gasteiger partial charge in [0.1, 0.15) is 5.82 Å². The lowest BCUT2D eigenvalue weighted by molar-refractivity contribution is -0.118. The van der Waals surface area contributed by atoms with Gasteiger partial charge in [-0.3, -0.25) is 9.59 Å². The highest BCUT2D eigenvalue weighted by Gasteiger charge is 2.28. The molecule has 0 aliphatic heterocycles. The van der Waals surface area contributed by atoms with E-state index >= 15 is 0 Å². The van der Waals surface area contributed by atoms with Crippen LogP contribution in [0.1, 0.15) is 35.1 Å². The number of carbonyl (C=O) groups excluding carboxylic acids is 2. The minimum absolute atomic E-state index is 0.202.